The number of ether oxygens (including phenoxy) is 4. The second-order valence-electron chi connectivity index (χ2n) is 9.06. The van der Waals surface area contributed by atoms with Crippen molar-refractivity contribution in [3.63, 3.8) is 0 Å². The molecule has 0 saturated carbocycles. The Bertz CT molecular complexity index is 956. The molecule has 0 aliphatic rings. The van der Waals surface area contributed by atoms with Crippen molar-refractivity contribution in [1.29, 1.82) is 0 Å². The van der Waals surface area contributed by atoms with Crippen molar-refractivity contribution in [2.24, 2.45) is 0 Å². The maximum absolute atomic E-state index is 12.9. The van der Waals surface area contributed by atoms with Gasteiger partial charge in [-0.2, -0.15) is 14.7 Å². The van der Waals surface area contributed by atoms with Crippen LogP contribution in [0.4, 0.5) is 15.5 Å². The van der Waals surface area contributed by atoms with Gasteiger partial charge >= 0.3 is 12.2 Å². The minimum atomic E-state index is -1.02. The highest BCUT2D eigenvalue weighted by molar-refractivity contribution is 6.33. The molecule has 0 aliphatic heterocycles. The summed E-state index contributed by atoms with van der Waals surface area (Å²) in [5.74, 6) is -0.341. The average Bonchev–Trinajstić information content (AvgIpc) is 3.08. The van der Waals surface area contributed by atoms with Crippen LogP contribution in [0.2, 0.25) is 5.15 Å². The first kappa shape index (κ1) is 27.5. The van der Waals surface area contributed by atoms with Crippen LogP contribution in [0.1, 0.15) is 54.9 Å². The topological polar surface area (TPSA) is 127 Å². The highest BCUT2D eigenvalue weighted by Crippen LogP contribution is 2.25. The number of hydrogen-bond acceptors (Lipinski definition) is 10. The van der Waals surface area contributed by atoms with Gasteiger partial charge in [0.2, 0.25) is 11.6 Å². The van der Waals surface area contributed by atoms with Crippen LogP contribution >= 0.6 is 11.6 Å². The van der Waals surface area contributed by atoms with E-state index in [1.54, 1.807) is 41.5 Å². The monoisotopic (exact) mass is 501 g/mol. The van der Waals surface area contributed by atoms with Crippen molar-refractivity contribution in [2.75, 3.05) is 31.5 Å². The molecule has 2 amide bonds. The number of rotatable bonds is 9. The van der Waals surface area contributed by atoms with Crippen LogP contribution in [-0.2, 0) is 18.9 Å². The van der Waals surface area contributed by atoms with E-state index in [4.69, 9.17) is 35.4 Å². The standard InChI is InChI=1S/C21H32ClN5O7/c1-8-30-13-31-10-9-11-32-26-12-23-14-15(22)24-17(25-16(14)26)27(18(28)33-20(2,3)4)19(29)34-21(5,6)7/h12H,8-11,13H2,1-7H3. The summed E-state index contributed by atoms with van der Waals surface area (Å²) in [6.45, 7) is 13.3. The molecule has 0 saturated heterocycles. The van der Waals surface area contributed by atoms with Crippen molar-refractivity contribution in [1.82, 2.24) is 19.7 Å². The van der Waals surface area contributed by atoms with Gasteiger partial charge in [0.15, 0.2) is 5.15 Å². The summed E-state index contributed by atoms with van der Waals surface area (Å²) in [6, 6.07) is 0. The van der Waals surface area contributed by atoms with E-state index in [9.17, 15) is 9.59 Å². The van der Waals surface area contributed by atoms with E-state index < -0.39 is 23.4 Å². The summed E-state index contributed by atoms with van der Waals surface area (Å²) >= 11 is 6.28. The fourth-order valence-corrected chi connectivity index (χ4v) is 2.62. The Hall–Kier alpha value is -2.70. The molecule has 0 unspecified atom stereocenters. The maximum atomic E-state index is 12.9. The highest BCUT2D eigenvalue weighted by atomic mass is 35.5. The third kappa shape index (κ3) is 8.26. The van der Waals surface area contributed by atoms with Gasteiger partial charge in [0, 0.05) is 13.0 Å². The third-order valence-corrected chi connectivity index (χ3v) is 3.96. The normalized spacial score (nSPS) is 12.0. The lowest BCUT2D eigenvalue weighted by Crippen LogP contribution is -2.44. The zero-order valence-corrected chi connectivity index (χ0v) is 21.3. The predicted molar refractivity (Wildman–Crippen MR) is 124 cm³/mol. The second kappa shape index (κ2) is 11.6. The quantitative estimate of drug-likeness (QED) is 0.282. The number of hydrogen-bond donors (Lipinski definition) is 0. The van der Waals surface area contributed by atoms with Crippen molar-refractivity contribution in [3.05, 3.63) is 11.5 Å². The molecular weight excluding hydrogens is 470 g/mol. The molecule has 0 atom stereocenters. The zero-order valence-electron chi connectivity index (χ0n) is 20.6. The van der Waals surface area contributed by atoms with E-state index in [1.165, 1.54) is 11.1 Å². The molecule has 2 aromatic heterocycles. The van der Waals surface area contributed by atoms with Crippen LogP contribution in [0.15, 0.2) is 6.33 Å². The summed E-state index contributed by atoms with van der Waals surface area (Å²) in [6.07, 6.45) is -0.104. The van der Waals surface area contributed by atoms with E-state index in [1.807, 2.05) is 6.92 Å². The molecule has 34 heavy (non-hydrogen) atoms. The van der Waals surface area contributed by atoms with E-state index in [2.05, 4.69) is 15.0 Å². The van der Waals surface area contributed by atoms with Crippen molar-refractivity contribution in [2.45, 2.75) is 66.1 Å². The van der Waals surface area contributed by atoms with Crippen LogP contribution in [0.3, 0.4) is 0 Å². The number of amides is 2. The predicted octanol–water partition coefficient (Wildman–Crippen LogP) is 3.99. The Morgan fingerprint density at radius 3 is 2.18 bits per heavy atom. The van der Waals surface area contributed by atoms with Gasteiger partial charge in [0.1, 0.15) is 36.4 Å². The van der Waals surface area contributed by atoms with E-state index in [0.717, 1.165) is 0 Å². The Morgan fingerprint density at radius 2 is 1.62 bits per heavy atom. The molecule has 0 aromatic carbocycles. The number of aromatic nitrogens is 4. The van der Waals surface area contributed by atoms with Crippen molar-refractivity contribution < 1.29 is 33.4 Å². The average molecular weight is 502 g/mol. The van der Waals surface area contributed by atoms with Gasteiger partial charge in [-0.3, -0.25) is 0 Å². The van der Waals surface area contributed by atoms with Crippen LogP contribution in [0.5, 0.6) is 0 Å². The summed E-state index contributed by atoms with van der Waals surface area (Å²) in [5, 5.41) is -0.0838. The first-order valence-electron chi connectivity index (χ1n) is 10.8. The van der Waals surface area contributed by atoms with Gasteiger partial charge in [-0.1, -0.05) is 11.6 Å². The van der Waals surface area contributed by atoms with E-state index in [-0.39, 0.29) is 35.7 Å². The summed E-state index contributed by atoms with van der Waals surface area (Å²) < 4.78 is 22.4. The molecular formula is C21H32ClN5O7. The van der Waals surface area contributed by atoms with E-state index >= 15 is 0 Å². The molecule has 0 bridgehead atoms. The van der Waals surface area contributed by atoms with Crippen molar-refractivity contribution in [3.8, 4) is 0 Å². The lowest BCUT2D eigenvalue weighted by Gasteiger charge is -2.27. The van der Waals surface area contributed by atoms with Gasteiger partial charge in [0.25, 0.3) is 0 Å². The highest BCUT2D eigenvalue weighted by Gasteiger charge is 2.35. The molecule has 12 nitrogen and oxygen atoms in total. The number of carbonyl (C=O) groups is 2. The minimum absolute atomic E-state index is 0.0838. The van der Waals surface area contributed by atoms with Gasteiger partial charge in [-0.15, -0.1) is 4.90 Å². The molecule has 0 aliphatic carbocycles. The van der Waals surface area contributed by atoms with Crippen molar-refractivity contribution >= 4 is 40.9 Å². The Kier molecular flexibility index (Phi) is 9.42. The van der Waals surface area contributed by atoms with Crippen LogP contribution in [-0.4, -0.2) is 69.7 Å². The fraction of sp³-hybridized carbons (Fsp3) is 0.667. The van der Waals surface area contributed by atoms with Gasteiger partial charge < -0.3 is 23.8 Å². The van der Waals surface area contributed by atoms with Crippen LogP contribution in [0.25, 0.3) is 11.2 Å². The molecule has 0 N–H and O–H groups in total. The lowest BCUT2D eigenvalue weighted by atomic mass is 10.2. The molecule has 0 radical (unpaired) electrons. The number of carbonyl (C=O) groups excluding carboxylic acids is 2. The number of imide groups is 1. The zero-order chi connectivity index (χ0) is 25.5. The third-order valence-electron chi connectivity index (χ3n) is 3.70. The lowest BCUT2D eigenvalue weighted by molar-refractivity contribution is -0.0543. The molecule has 2 heterocycles. The van der Waals surface area contributed by atoms with Gasteiger partial charge in [0.05, 0.1) is 6.61 Å². The van der Waals surface area contributed by atoms with Gasteiger partial charge in [-0.25, -0.2) is 14.6 Å². The van der Waals surface area contributed by atoms with E-state index in [0.29, 0.717) is 24.5 Å². The second-order valence-corrected chi connectivity index (χ2v) is 9.42. The fourth-order valence-electron chi connectivity index (χ4n) is 2.41. The SMILES string of the molecule is CCOCOCCCOn1cnc2c(Cl)nc(N(C(=O)OC(C)(C)C)C(=O)OC(C)(C)C)nc21. The molecule has 2 aromatic rings. The first-order valence-corrected chi connectivity index (χ1v) is 11.2. The first-order chi connectivity index (χ1) is 15.8. The number of fused-ring (bicyclic) bond motifs is 1. The summed E-state index contributed by atoms with van der Waals surface area (Å²) in [4.78, 5) is 44.5. The molecule has 2 rings (SSSR count). The molecule has 0 spiro atoms. The van der Waals surface area contributed by atoms with Crippen LogP contribution in [0, 0.1) is 0 Å². The number of nitrogens with zero attached hydrogens (tertiary/aromatic N) is 5. The smallest absolute Gasteiger partial charge is 0.427 e. The minimum Gasteiger partial charge on any atom is -0.443 e. The van der Waals surface area contributed by atoms with Gasteiger partial charge in [-0.05, 0) is 48.5 Å². The maximum Gasteiger partial charge on any atom is 0.427 e. The molecule has 190 valence electrons. The molecule has 13 heteroatoms. The number of halogens is 1. The largest absolute Gasteiger partial charge is 0.443 e. The van der Waals surface area contributed by atoms with Crippen LogP contribution < -0.4 is 9.74 Å². The Labute approximate surface area is 203 Å². The Balaban J connectivity index is 2.30. The number of imidazole rings is 1. The molecule has 0 fully saturated rings. The Morgan fingerprint density at radius 1 is 1.00 bits per heavy atom. The summed E-state index contributed by atoms with van der Waals surface area (Å²) in [5.41, 5.74) is -1.39. The summed E-state index contributed by atoms with van der Waals surface area (Å²) in [7, 11) is 0. The number of anilines is 1.